The number of aryl methyl sites for hydroxylation is 1. The Hall–Kier alpha value is -1.02. The fourth-order valence-corrected chi connectivity index (χ4v) is 3.45. The van der Waals surface area contributed by atoms with Crippen LogP contribution in [0.1, 0.15) is 56.6 Å². The van der Waals surface area contributed by atoms with Crippen LogP contribution in [0.2, 0.25) is 0 Å². The molecule has 2 heteroatoms. The lowest BCUT2D eigenvalue weighted by Crippen LogP contribution is -2.31. The predicted molar refractivity (Wildman–Crippen MR) is 88.4 cm³/mol. The number of nitrogens with zero attached hydrogens (tertiary/aromatic N) is 1. The molecule has 2 N–H and O–H groups in total. The zero-order valence-corrected chi connectivity index (χ0v) is 13.4. The number of hydrogen-bond acceptors (Lipinski definition) is 2. The van der Waals surface area contributed by atoms with Crippen molar-refractivity contribution in [3.63, 3.8) is 0 Å². The maximum atomic E-state index is 5.90. The minimum atomic E-state index is 0.236. The smallest absolute Gasteiger partial charge is 0.0396 e. The number of rotatable bonds is 4. The number of anilines is 1. The highest BCUT2D eigenvalue weighted by Crippen LogP contribution is 2.28. The van der Waals surface area contributed by atoms with Gasteiger partial charge in [-0.15, -0.1) is 0 Å². The summed E-state index contributed by atoms with van der Waals surface area (Å²) < 4.78 is 0. The van der Waals surface area contributed by atoms with Gasteiger partial charge in [0.1, 0.15) is 0 Å². The summed E-state index contributed by atoms with van der Waals surface area (Å²) in [6.45, 7) is 4.30. The topological polar surface area (TPSA) is 29.3 Å². The largest absolute Gasteiger partial charge is 0.371 e. The van der Waals surface area contributed by atoms with E-state index in [4.69, 9.17) is 5.73 Å². The van der Waals surface area contributed by atoms with E-state index in [1.807, 2.05) is 0 Å². The summed E-state index contributed by atoms with van der Waals surface area (Å²) in [7, 11) is 2.27. The molecule has 0 saturated heterocycles. The second-order valence-corrected chi connectivity index (χ2v) is 6.56. The molecule has 1 aromatic carbocycles. The summed E-state index contributed by atoms with van der Waals surface area (Å²) in [6, 6.07) is 7.80. The van der Waals surface area contributed by atoms with Crippen molar-refractivity contribution in [1.82, 2.24) is 0 Å². The monoisotopic (exact) mass is 274 g/mol. The van der Waals surface area contributed by atoms with E-state index >= 15 is 0 Å². The minimum absolute atomic E-state index is 0.236. The molecule has 0 heterocycles. The van der Waals surface area contributed by atoms with Gasteiger partial charge in [-0.3, -0.25) is 0 Å². The predicted octanol–water partition coefficient (Wildman–Crippen LogP) is 4.04. The van der Waals surface area contributed by atoms with E-state index in [1.54, 1.807) is 0 Å². The fraction of sp³-hybridized carbons (Fsp3) is 0.667. The number of hydrogen-bond donors (Lipinski definition) is 1. The van der Waals surface area contributed by atoms with Gasteiger partial charge in [-0.25, -0.2) is 0 Å². The average molecular weight is 274 g/mol. The molecule has 1 aromatic rings. The van der Waals surface area contributed by atoms with Crippen LogP contribution in [0, 0.1) is 6.92 Å². The molecule has 1 aliphatic carbocycles. The van der Waals surface area contributed by atoms with Crippen LogP contribution in [0.25, 0.3) is 0 Å². The van der Waals surface area contributed by atoms with E-state index in [9.17, 15) is 0 Å². The van der Waals surface area contributed by atoms with Gasteiger partial charge in [0.2, 0.25) is 0 Å². The Morgan fingerprint density at radius 1 is 1.20 bits per heavy atom. The Bertz CT molecular complexity index is 417. The summed E-state index contributed by atoms with van der Waals surface area (Å²) in [6.07, 6.45) is 9.25. The second-order valence-electron chi connectivity index (χ2n) is 6.56. The first-order chi connectivity index (χ1) is 9.58. The maximum Gasteiger partial charge on any atom is 0.0396 e. The normalized spacial score (nSPS) is 18.6. The fourth-order valence-electron chi connectivity index (χ4n) is 3.45. The van der Waals surface area contributed by atoms with E-state index < -0.39 is 0 Å². The van der Waals surface area contributed by atoms with Gasteiger partial charge in [0.05, 0.1) is 0 Å². The van der Waals surface area contributed by atoms with Crippen LogP contribution in [0.15, 0.2) is 18.2 Å². The van der Waals surface area contributed by atoms with Crippen molar-refractivity contribution in [1.29, 1.82) is 0 Å². The molecule has 20 heavy (non-hydrogen) atoms. The molecule has 1 saturated carbocycles. The first kappa shape index (κ1) is 15.4. The van der Waals surface area contributed by atoms with Crippen molar-refractivity contribution >= 4 is 5.69 Å². The molecule has 1 unspecified atom stereocenters. The lowest BCUT2D eigenvalue weighted by atomic mass is 10.0. The van der Waals surface area contributed by atoms with Gasteiger partial charge in [-0.2, -0.15) is 0 Å². The summed E-state index contributed by atoms with van der Waals surface area (Å²) in [5, 5.41) is 0. The molecule has 0 bridgehead atoms. The van der Waals surface area contributed by atoms with Gasteiger partial charge in [0, 0.05) is 24.8 Å². The van der Waals surface area contributed by atoms with E-state index in [0.29, 0.717) is 0 Å². The quantitative estimate of drug-likeness (QED) is 0.839. The van der Waals surface area contributed by atoms with Crippen LogP contribution in [0.5, 0.6) is 0 Å². The van der Waals surface area contributed by atoms with Crippen LogP contribution >= 0.6 is 0 Å². The Balaban J connectivity index is 2.10. The molecule has 0 aromatic heterocycles. The van der Waals surface area contributed by atoms with E-state index in [2.05, 4.69) is 44.0 Å². The van der Waals surface area contributed by atoms with E-state index in [0.717, 1.165) is 12.5 Å². The molecule has 2 nitrogen and oxygen atoms in total. The first-order valence-electron chi connectivity index (χ1n) is 8.16. The summed E-state index contributed by atoms with van der Waals surface area (Å²) in [5.41, 5.74) is 10.0. The van der Waals surface area contributed by atoms with Crippen LogP contribution in [0.3, 0.4) is 0 Å². The highest BCUT2D eigenvalue weighted by atomic mass is 15.1. The average Bonchev–Trinajstić information content (AvgIpc) is 2.66. The Labute approximate surface area is 124 Å². The molecule has 1 fully saturated rings. The Morgan fingerprint density at radius 3 is 2.40 bits per heavy atom. The van der Waals surface area contributed by atoms with Gasteiger partial charge in [-0.05, 0) is 50.3 Å². The lowest BCUT2D eigenvalue weighted by Gasteiger charge is -2.31. The van der Waals surface area contributed by atoms with Crippen molar-refractivity contribution in [3.8, 4) is 0 Å². The number of benzene rings is 1. The summed E-state index contributed by atoms with van der Waals surface area (Å²) >= 11 is 0. The standard InChI is InChI=1S/C18H30N2/c1-14-12-16(13-15(2)19)10-11-18(14)20(3)17-8-6-4-5-7-9-17/h10-12,15,17H,4-9,13,19H2,1-3H3. The van der Waals surface area contributed by atoms with Gasteiger partial charge in [0.25, 0.3) is 0 Å². The third-order valence-electron chi connectivity index (χ3n) is 4.57. The molecular formula is C18H30N2. The molecule has 2 rings (SSSR count). The highest BCUT2D eigenvalue weighted by Gasteiger charge is 2.18. The van der Waals surface area contributed by atoms with Crippen LogP contribution < -0.4 is 10.6 Å². The van der Waals surface area contributed by atoms with Crippen molar-refractivity contribution in [2.45, 2.75) is 70.9 Å². The molecular weight excluding hydrogens is 244 g/mol. The van der Waals surface area contributed by atoms with Gasteiger partial charge in [-0.1, -0.05) is 37.8 Å². The molecule has 0 spiro atoms. The van der Waals surface area contributed by atoms with Crippen molar-refractivity contribution in [2.24, 2.45) is 5.73 Å². The van der Waals surface area contributed by atoms with Gasteiger partial charge in [0.15, 0.2) is 0 Å². The molecule has 1 atom stereocenters. The first-order valence-corrected chi connectivity index (χ1v) is 8.16. The molecule has 112 valence electrons. The molecule has 1 aliphatic rings. The van der Waals surface area contributed by atoms with Gasteiger partial charge >= 0.3 is 0 Å². The summed E-state index contributed by atoms with van der Waals surface area (Å²) in [5.74, 6) is 0. The SMILES string of the molecule is Cc1cc(CC(C)N)ccc1N(C)C1CCCCCC1. The summed E-state index contributed by atoms with van der Waals surface area (Å²) in [4.78, 5) is 2.51. The lowest BCUT2D eigenvalue weighted by molar-refractivity contribution is 0.552. The third kappa shape index (κ3) is 3.99. The third-order valence-corrected chi connectivity index (χ3v) is 4.57. The zero-order valence-electron chi connectivity index (χ0n) is 13.4. The Kier molecular flexibility index (Phi) is 5.47. The van der Waals surface area contributed by atoms with Crippen LogP contribution in [-0.4, -0.2) is 19.1 Å². The van der Waals surface area contributed by atoms with Crippen LogP contribution in [-0.2, 0) is 6.42 Å². The minimum Gasteiger partial charge on any atom is -0.371 e. The highest BCUT2D eigenvalue weighted by molar-refractivity contribution is 5.54. The van der Waals surface area contributed by atoms with Crippen LogP contribution in [0.4, 0.5) is 5.69 Å². The van der Waals surface area contributed by atoms with Gasteiger partial charge < -0.3 is 10.6 Å². The van der Waals surface area contributed by atoms with Crippen molar-refractivity contribution in [3.05, 3.63) is 29.3 Å². The number of nitrogens with two attached hydrogens (primary N) is 1. The second kappa shape index (κ2) is 7.12. The van der Waals surface area contributed by atoms with E-state index in [-0.39, 0.29) is 6.04 Å². The van der Waals surface area contributed by atoms with Crippen molar-refractivity contribution < 1.29 is 0 Å². The molecule has 0 aliphatic heterocycles. The van der Waals surface area contributed by atoms with Crippen molar-refractivity contribution in [2.75, 3.05) is 11.9 Å². The maximum absolute atomic E-state index is 5.90. The van der Waals surface area contributed by atoms with E-state index in [1.165, 1.54) is 55.3 Å². The molecule has 0 radical (unpaired) electrons. The molecule has 0 amide bonds. The zero-order chi connectivity index (χ0) is 14.5. The Morgan fingerprint density at radius 2 is 1.85 bits per heavy atom.